The zero-order chi connectivity index (χ0) is 17.2. The highest BCUT2D eigenvalue weighted by Crippen LogP contribution is 2.29. The Hall–Kier alpha value is -2.45. The lowest BCUT2D eigenvalue weighted by Crippen LogP contribution is -2.44. The molecular formula is C17H19N5O2S. The van der Waals surface area contributed by atoms with Gasteiger partial charge in [0.1, 0.15) is 0 Å². The second-order valence-electron chi connectivity index (χ2n) is 5.72. The summed E-state index contributed by atoms with van der Waals surface area (Å²) in [5.74, 6) is 0.395. The van der Waals surface area contributed by atoms with Crippen LogP contribution in [0.1, 0.15) is 17.4 Å². The van der Waals surface area contributed by atoms with E-state index in [0.29, 0.717) is 17.9 Å². The number of nitrogens with zero attached hydrogens (tertiary/aromatic N) is 4. The molecule has 8 heteroatoms. The van der Waals surface area contributed by atoms with Crippen molar-refractivity contribution >= 4 is 28.8 Å². The predicted octanol–water partition coefficient (Wildman–Crippen LogP) is 2.04. The number of carbonyl (C=O) groups excluding carboxylic acids is 1. The van der Waals surface area contributed by atoms with Crippen LogP contribution >= 0.6 is 11.3 Å². The van der Waals surface area contributed by atoms with Gasteiger partial charge >= 0.3 is 5.97 Å². The molecule has 1 aliphatic heterocycles. The van der Waals surface area contributed by atoms with E-state index in [-0.39, 0.29) is 0 Å². The second-order valence-corrected chi connectivity index (χ2v) is 6.67. The first-order chi connectivity index (χ1) is 12.3. The summed E-state index contributed by atoms with van der Waals surface area (Å²) in [6.07, 6.45) is 3.60. The first-order valence-electron chi connectivity index (χ1n) is 8.32. The fourth-order valence-corrected chi connectivity index (χ4v) is 3.71. The lowest BCUT2D eigenvalue weighted by Gasteiger charge is -2.28. The molecule has 0 unspecified atom stereocenters. The zero-order valence-electron chi connectivity index (χ0n) is 13.9. The number of ether oxygens (including phenoxy) is 1. The number of rotatable bonds is 4. The van der Waals surface area contributed by atoms with Gasteiger partial charge in [-0.15, -0.1) is 11.3 Å². The number of aromatic nitrogens is 3. The van der Waals surface area contributed by atoms with Crippen LogP contribution in [0.25, 0.3) is 16.2 Å². The molecule has 3 aromatic rings. The van der Waals surface area contributed by atoms with E-state index in [1.165, 1.54) is 0 Å². The van der Waals surface area contributed by atoms with Crippen molar-refractivity contribution in [3.8, 4) is 10.6 Å². The van der Waals surface area contributed by atoms with E-state index >= 15 is 0 Å². The average molecular weight is 357 g/mol. The van der Waals surface area contributed by atoms with Crippen LogP contribution in [0.4, 0.5) is 5.82 Å². The van der Waals surface area contributed by atoms with Crippen molar-refractivity contribution in [1.82, 2.24) is 19.7 Å². The van der Waals surface area contributed by atoms with Crippen molar-refractivity contribution in [2.75, 3.05) is 37.7 Å². The Bertz CT molecular complexity index is 884. The molecule has 0 saturated carbocycles. The lowest BCUT2D eigenvalue weighted by molar-refractivity contribution is 0.0520. The summed E-state index contributed by atoms with van der Waals surface area (Å²) >= 11 is 1.63. The summed E-state index contributed by atoms with van der Waals surface area (Å²) in [5, 5.41) is 5.36. The first kappa shape index (κ1) is 16.0. The predicted molar refractivity (Wildman–Crippen MR) is 97.3 cm³/mol. The Morgan fingerprint density at radius 2 is 2.24 bits per heavy atom. The van der Waals surface area contributed by atoms with Crippen molar-refractivity contribution in [3.05, 3.63) is 35.6 Å². The number of fused-ring (bicyclic) bond motifs is 1. The van der Waals surface area contributed by atoms with E-state index in [4.69, 9.17) is 4.74 Å². The standard InChI is InChI=1S/C17H19N5O2S/c1-2-24-17(23)12-11-22-13(14-4-3-9-25-14)10-19-15(16(22)20-12)21-7-5-18-6-8-21/h3-4,9-11,18H,2,5-8H2,1H3. The highest BCUT2D eigenvalue weighted by molar-refractivity contribution is 7.13. The second kappa shape index (κ2) is 6.81. The normalized spacial score (nSPS) is 14.8. The van der Waals surface area contributed by atoms with Crippen LogP contribution < -0.4 is 10.2 Å². The number of hydrogen-bond acceptors (Lipinski definition) is 7. The fourth-order valence-electron chi connectivity index (χ4n) is 2.97. The van der Waals surface area contributed by atoms with Crippen molar-refractivity contribution in [1.29, 1.82) is 0 Å². The van der Waals surface area contributed by atoms with E-state index in [2.05, 4.69) is 20.2 Å². The van der Waals surface area contributed by atoms with Gasteiger partial charge in [0.15, 0.2) is 17.2 Å². The van der Waals surface area contributed by atoms with Gasteiger partial charge in [0.2, 0.25) is 0 Å². The number of esters is 1. The Kier molecular flexibility index (Phi) is 4.37. The number of nitrogens with one attached hydrogen (secondary N) is 1. The van der Waals surface area contributed by atoms with Crippen LogP contribution in [0.2, 0.25) is 0 Å². The molecule has 0 radical (unpaired) electrons. The summed E-state index contributed by atoms with van der Waals surface area (Å²) in [4.78, 5) is 24.7. The van der Waals surface area contributed by atoms with E-state index in [9.17, 15) is 4.79 Å². The first-order valence-corrected chi connectivity index (χ1v) is 9.20. The Morgan fingerprint density at radius 1 is 1.40 bits per heavy atom. The number of imidazole rings is 1. The van der Waals surface area contributed by atoms with Gasteiger partial charge in [-0.2, -0.15) is 0 Å². The molecule has 4 heterocycles. The smallest absolute Gasteiger partial charge is 0.358 e. The molecular weight excluding hydrogens is 338 g/mol. The highest BCUT2D eigenvalue weighted by atomic mass is 32.1. The van der Waals surface area contributed by atoms with Crippen LogP contribution in [0.15, 0.2) is 29.9 Å². The summed E-state index contributed by atoms with van der Waals surface area (Å²) in [7, 11) is 0. The van der Waals surface area contributed by atoms with Gasteiger partial charge in [-0.05, 0) is 18.4 Å². The number of hydrogen-bond donors (Lipinski definition) is 1. The van der Waals surface area contributed by atoms with Crippen LogP contribution in [0.3, 0.4) is 0 Å². The van der Waals surface area contributed by atoms with E-state index < -0.39 is 5.97 Å². The van der Waals surface area contributed by atoms with Crippen LogP contribution in [0.5, 0.6) is 0 Å². The molecule has 0 atom stereocenters. The minimum Gasteiger partial charge on any atom is -0.461 e. The Morgan fingerprint density at radius 3 is 2.96 bits per heavy atom. The number of thiophene rings is 1. The zero-order valence-corrected chi connectivity index (χ0v) is 14.8. The minimum atomic E-state index is -0.408. The third-order valence-electron chi connectivity index (χ3n) is 4.15. The molecule has 0 amide bonds. The van der Waals surface area contributed by atoms with Crippen LogP contribution in [-0.4, -0.2) is 53.1 Å². The topological polar surface area (TPSA) is 71.8 Å². The quantitative estimate of drug-likeness (QED) is 0.721. The van der Waals surface area contributed by atoms with Crippen molar-refractivity contribution in [2.45, 2.75) is 6.92 Å². The number of carbonyl (C=O) groups is 1. The monoisotopic (exact) mass is 357 g/mol. The Labute approximate surface area is 149 Å². The molecule has 1 fully saturated rings. The van der Waals surface area contributed by atoms with Gasteiger partial charge in [0.25, 0.3) is 0 Å². The van der Waals surface area contributed by atoms with E-state index in [0.717, 1.165) is 42.6 Å². The summed E-state index contributed by atoms with van der Waals surface area (Å²) in [6, 6.07) is 4.04. The molecule has 130 valence electrons. The average Bonchev–Trinajstić information content (AvgIpc) is 3.32. The number of piperazine rings is 1. The molecule has 4 rings (SSSR count). The molecule has 1 saturated heterocycles. The van der Waals surface area contributed by atoms with Crippen molar-refractivity contribution in [2.24, 2.45) is 0 Å². The summed E-state index contributed by atoms with van der Waals surface area (Å²) in [6.45, 7) is 5.66. The minimum absolute atomic E-state index is 0.309. The summed E-state index contributed by atoms with van der Waals surface area (Å²) in [5.41, 5.74) is 1.92. The van der Waals surface area contributed by atoms with E-state index in [1.54, 1.807) is 24.5 Å². The molecule has 7 nitrogen and oxygen atoms in total. The molecule has 1 N–H and O–H groups in total. The lowest BCUT2D eigenvalue weighted by atomic mass is 10.3. The molecule has 0 spiro atoms. The van der Waals surface area contributed by atoms with Crippen LogP contribution in [0, 0.1) is 0 Å². The molecule has 3 aromatic heterocycles. The maximum atomic E-state index is 12.2. The maximum absolute atomic E-state index is 12.2. The molecule has 1 aliphatic rings. The van der Waals surface area contributed by atoms with Gasteiger partial charge in [-0.3, -0.25) is 4.40 Å². The Balaban J connectivity index is 1.86. The third kappa shape index (κ3) is 2.98. The van der Waals surface area contributed by atoms with Gasteiger partial charge in [0, 0.05) is 32.4 Å². The molecule has 25 heavy (non-hydrogen) atoms. The van der Waals surface area contributed by atoms with Gasteiger partial charge in [0.05, 0.1) is 23.4 Å². The van der Waals surface area contributed by atoms with E-state index in [1.807, 2.05) is 28.1 Å². The molecule has 0 bridgehead atoms. The highest BCUT2D eigenvalue weighted by Gasteiger charge is 2.21. The summed E-state index contributed by atoms with van der Waals surface area (Å²) < 4.78 is 7.06. The van der Waals surface area contributed by atoms with Gasteiger partial charge < -0.3 is 15.0 Å². The fraction of sp³-hybridized carbons (Fsp3) is 0.353. The van der Waals surface area contributed by atoms with Crippen molar-refractivity contribution < 1.29 is 9.53 Å². The SMILES string of the molecule is CCOC(=O)c1cn2c(-c3cccs3)cnc(N3CCNCC3)c2n1. The number of anilines is 1. The molecule has 0 aliphatic carbocycles. The maximum Gasteiger partial charge on any atom is 0.358 e. The third-order valence-corrected chi connectivity index (χ3v) is 5.04. The largest absolute Gasteiger partial charge is 0.461 e. The molecule has 0 aromatic carbocycles. The van der Waals surface area contributed by atoms with Crippen molar-refractivity contribution in [3.63, 3.8) is 0 Å². The van der Waals surface area contributed by atoms with Crippen LogP contribution in [-0.2, 0) is 4.74 Å². The van der Waals surface area contributed by atoms with Gasteiger partial charge in [-0.1, -0.05) is 6.07 Å². The van der Waals surface area contributed by atoms with Gasteiger partial charge in [-0.25, -0.2) is 14.8 Å².